The monoisotopic (exact) mass is 278 g/mol. The summed E-state index contributed by atoms with van der Waals surface area (Å²) < 4.78 is 0. The van der Waals surface area contributed by atoms with Gasteiger partial charge in [0.2, 0.25) is 0 Å². The number of fused-ring (bicyclic) bond motifs is 3. The molecule has 4 unspecified atom stereocenters. The molecule has 0 nitrogen and oxygen atoms in total. The second kappa shape index (κ2) is 4.87. The molecule has 0 aliphatic heterocycles. The molecule has 2 aliphatic rings. The van der Waals surface area contributed by atoms with E-state index < -0.39 is 0 Å². The van der Waals surface area contributed by atoms with Crippen molar-refractivity contribution in [1.29, 1.82) is 0 Å². The minimum absolute atomic E-state index is 0.797. The summed E-state index contributed by atoms with van der Waals surface area (Å²) in [5, 5.41) is 3.16. The molecule has 0 saturated heterocycles. The van der Waals surface area contributed by atoms with Crippen molar-refractivity contribution < 1.29 is 0 Å². The Labute approximate surface area is 128 Å². The van der Waals surface area contributed by atoms with E-state index in [-0.39, 0.29) is 0 Å². The Kier molecular flexibility index (Phi) is 3.10. The normalized spacial score (nSPS) is 30.0. The maximum Gasteiger partial charge on any atom is -0.00556 e. The van der Waals surface area contributed by atoms with Crippen LogP contribution in [-0.2, 0) is 6.42 Å². The van der Waals surface area contributed by atoms with Crippen LogP contribution in [0.15, 0.2) is 30.3 Å². The molecule has 0 heteroatoms. The van der Waals surface area contributed by atoms with Crippen molar-refractivity contribution in [2.45, 2.75) is 58.3 Å². The topological polar surface area (TPSA) is 0 Å². The fraction of sp³-hybridized carbons (Fsp3) is 0.524. The zero-order chi connectivity index (χ0) is 14.6. The van der Waals surface area contributed by atoms with Gasteiger partial charge < -0.3 is 0 Å². The second-order valence-corrected chi connectivity index (χ2v) is 7.06. The van der Waals surface area contributed by atoms with Gasteiger partial charge in [0.25, 0.3) is 0 Å². The third-order valence-corrected chi connectivity index (χ3v) is 6.35. The second-order valence-electron chi connectivity index (χ2n) is 7.06. The highest BCUT2D eigenvalue weighted by Gasteiger charge is 2.47. The minimum Gasteiger partial charge on any atom is -0.0651 e. The molecule has 1 fully saturated rings. The van der Waals surface area contributed by atoms with Crippen LogP contribution in [0.25, 0.3) is 10.8 Å². The molecule has 0 spiro atoms. The van der Waals surface area contributed by atoms with Gasteiger partial charge in [-0.15, -0.1) is 0 Å². The highest BCUT2D eigenvalue weighted by atomic mass is 14.5. The van der Waals surface area contributed by atoms with Gasteiger partial charge in [0.05, 0.1) is 0 Å². The first kappa shape index (κ1) is 13.4. The van der Waals surface area contributed by atoms with Gasteiger partial charge in [-0.2, -0.15) is 0 Å². The van der Waals surface area contributed by atoms with Crippen molar-refractivity contribution in [2.24, 2.45) is 11.8 Å². The van der Waals surface area contributed by atoms with Crippen LogP contribution < -0.4 is 0 Å². The summed E-state index contributed by atoms with van der Waals surface area (Å²) in [7, 11) is 0. The lowest BCUT2D eigenvalue weighted by Gasteiger charge is -2.20. The van der Waals surface area contributed by atoms with E-state index in [2.05, 4.69) is 51.1 Å². The molecule has 2 aliphatic carbocycles. The summed E-state index contributed by atoms with van der Waals surface area (Å²) in [5.74, 6) is 3.38. The average molecular weight is 278 g/mol. The summed E-state index contributed by atoms with van der Waals surface area (Å²) >= 11 is 0. The first-order valence-electron chi connectivity index (χ1n) is 8.84. The van der Waals surface area contributed by atoms with Crippen LogP contribution in [0, 0.1) is 11.8 Å². The van der Waals surface area contributed by atoms with E-state index in [0.717, 1.165) is 30.1 Å². The van der Waals surface area contributed by atoms with Crippen LogP contribution in [0.5, 0.6) is 0 Å². The lowest BCUT2D eigenvalue weighted by molar-refractivity contribution is 0.452. The number of aryl methyl sites for hydroxylation is 1. The third-order valence-electron chi connectivity index (χ3n) is 6.35. The summed E-state index contributed by atoms with van der Waals surface area (Å²) in [6, 6.07) is 11.9. The predicted molar refractivity (Wildman–Crippen MR) is 91.0 cm³/mol. The van der Waals surface area contributed by atoms with Crippen LogP contribution >= 0.6 is 0 Å². The maximum atomic E-state index is 2.47. The smallest absolute Gasteiger partial charge is 0.00556 e. The Hall–Kier alpha value is -1.30. The molecule has 2 aromatic carbocycles. The van der Waals surface area contributed by atoms with E-state index in [1.165, 1.54) is 30.2 Å². The molecule has 0 aromatic heterocycles. The van der Waals surface area contributed by atoms with Gasteiger partial charge in [0.15, 0.2) is 0 Å². The van der Waals surface area contributed by atoms with Gasteiger partial charge in [0, 0.05) is 0 Å². The predicted octanol–water partition coefficient (Wildman–Crippen LogP) is 6.04. The van der Waals surface area contributed by atoms with Gasteiger partial charge in [-0.05, 0) is 64.0 Å². The number of benzene rings is 2. The highest BCUT2D eigenvalue weighted by molar-refractivity contribution is 5.95. The number of hydrogen-bond donors (Lipinski definition) is 0. The lowest BCUT2D eigenvalue weighted by atomic mass is 9.83. The fourth-order valence-electron chi connectivity index (χ4n) is 5.39. The van der Waals surface area contributed by atoms with Gasteiger partial charge in [-0.25, -0.2) is 0 Å². The molecule has 21 heavy (non-hydrogen) atoms. The molecule has 0 radical (unpaired) electrons. The van der Waals surface area contributed by atoms with Crippen molar-refractivity contribution in [1.82, 2.24) is 0 Å². The zero-order valence-electron chi connectivity index (χ0n) is 13.5. The first-order valence-corrected chi connectivity index (χ1v) is 8.84. The quantitative estimate of drug-likeness (QED) is 0.642. The summed E-state index contributed by atoms with van der Waals surface area (Å²) in [6.45, 7) is 7.06. The Balaban J connectivity index is 1.98. The zero-order valence-corrected chi connectivity index (χ0v) is 13.5. The van der Waals surface area contributed by atoms with E-state index in [0.29, 0.717) is 0 Å². The molecule has 1 saturated carbocycles. The molecule has 0 N–H and O–H groups in total. The third kappa shape index (κ3) is 1.68. The fourth-order valence-corrected chi connectivity index (χ4v) is 5.39. The molecular weight excluding hydrogens is 252 g/mol. The lowest BCUT2D eigenvalue weighted by Crippen LogP contribution is -2.08. The molecule has 4 atom stereocenters. The molecule has 0 amide bonds. The van der Waals surface area contributed by atoms with Gasteiger partial charge in [-0.1, -0.05) is 63.9 Å². The van der Waals surface area contributed by atoms with E-state index in [4.69, 9.17) is 0 Å². The van der Waals surface area contributed by atoms with Crippen LogP contribution in [0.2, 0.25) is 0 Å². The van der Waals surface area contributed by atoms with E-state index in [1.807, 2.05) is 0 Å². The Morgan fingerprint density at radius 1 is 0.857 bits per heavy atom. The molecular formula is C21H26. The SMILES string of the molecule is CCc1ccc2c3c(cccc13)C1C(CC)CC(CC)C21. The minimum atomic E-state index is 0.797. The molecule has 0 bridgehead atoms. The highest BCUT2D eigenvalue weighted by Crippen LogP contribution is 2.61. The van der Waals surface area contributed by atoms with E-state index >= 15 is 0 Å². The Bertz CT molecular complexity index is 659. The molecule has 2 aromatic rings. The number of hydrogen-bond acceptors (Lipinski definition) is 0. The van der Waals surface area contributed by atoms with Crippen molar-refractivity contribution in [3.63, 3.8) is 0 Å². The molecule has 110 valence electrons. The van der Waals surface area contributed by atoms with Gasteiger partial charge in [0.1, 0.15) is 0 Å². The average Bonchev–Trinajstić information content (AvgIpc) is 3.06. The summed E-state index contributed by atoms with van der Waals surface area (Å²) in [5.41, 5.74) is 4.87. The van der Waals surface area contributed by atoms with Crippen molar-refractivity contribution >= 4 is 10.8 Å². The maximum absolute atomic E-state index is 2.47. The van der Waals surface area contributed by atoms with E-state index in [9.17, 15) is 0 Å². The van der Waals surface area contributed by atoms with Crippen molar-refractivity contribution in [2.75, 3.05) is 0 Å². The van der Waals surface area contributed by atoms with Gasteiger partial charge in [-0.3, -0.25) is 0 Å². The number of rotatable bonds is 3. The Morgan fingerprint density at radius 2 is 1.52 bits per heavy atom. The van der Waals surface area contributed by atoms with Gasteiger partial charge >= 0.3 is 0 Å². The Morgan fingerprint density at radius 3 is 2.14 bits per heavy atom. The molecule has 0 heterocycles. The van der Waals surface area contributed by atoms with Crippen LogP contribution in [-0.4, -0.2) is 0 Å². The van der Waals surface area contributed by atoms with Crippen LogP contribution in [0.1, 0.15) is 68.6 Å². The van der Waals surface area contributed by atoms with Crippen LogP contribution in [0.3, 0.4) is 0 Å². The largest absolute Gasteiger partial charge is 0.0651 e. The van der Waals surface area contributed by atoms with E-state index in [1.54, 1.807) is 16.5 Å². The standard InChI is InChI=1S/C21H26/c1-4-13-10-11-18-20-15(6-3)12-14(5-2)19(20)17-9-7-8-16(13)21(17)18/h7-11,14-15,19-20H,4-6,12H2,1-3H3. The first-order chi connectivity index (χ1) is 10.3. The van der Waals surface area contributed by atoms with Crippen molar-refractivity contribution in [3.05, 3.63) is 47.0 Å². The van der Waals surface area contributed by atoms with Crippen LogP contribution in [0.4, 0.5) is 0 Å². The van der Waals surface area contributed by atoms with Crippen molar-refractivity contribution in [3.8, 4) is 0 Å². The molecule has 4 rings (SSSR count). The summed E-state index contributed by atoms with van der Waals surface area (Å²) in [6.07, 6.45) is 5.25. The summed E-state index contributed by atoms with van der Waals surface area (Å²) in [4.78, 5) is 0.